The van der Waals surface area contributed by atoms with E-state index in [1.54, 1.807) is 6.21 Å². The van der Waals surface area contributed by atoms with Crippen molar-refractivity contribution < 1.29 is 14.3 Å². The van der Waals surface area contributed by atoms with Crippen LogP contribution in [0.4, 0.5) is 5.69 Å². The molecule has 0 unspecified atom stereocenters. The van der Waals surface area contributed by atoms with E-state index in [-0.39, 0.29) is 5.91 Å². The fourth-order valence-electron chi connectivity index (χ4n) is 4.05. The SMILES string of the molecule is CCOc1cc(/C=N\NC(=O)c2ccc(N3CCCC3)cc2)cc(Br)c1OCc1cccc(C)c1. The van der Waals surface area contributed by atoms with E-state index in [4.69, 9.17) is 9.47 Å². The summed E-state index contributed by atoms with van der Waals surface area (Å²) in [5.41, 5.74) is 7.37. The van der Waals surface area contributed by atoms with E-state index in [0.29, 0.717) is 30.3 Å². The molecule has 1 aliphatic rings. The summed E-state index contributed by atoms with van der Waals surface area (Å²) in [6.07, 6.45) is 4.03. The lowest BCUT2D eigenvalue weighted by molar-refractivity contribution is 0.0955. The minimum atomic E-state index is -0.253. The van der Waals surface area contributed by atoms with Crippen molar-refractivity contribution in [3.8, 4) is 11.5 Å². The second-order valence-corrected chi connectivity index (χ2v) is 9.34. The second-order valence-electron chi connectivity index (χ2n) is 8.48. The summed E-state index contributed by atoms with van der Waals surface area (Å²) in [7, 11) is 0. The summed E-state index contributed by atoms with van der Waals surface area (Å²) in [5, 5.41) is 4.14. The van der Waals surface area contributed by atoms with Gasteiger partial charge in [0.25, 0.3) is 5.91 Å². The Bertz CT molecular complexity index is 1190. The molecular formula is C28H30BrN3O3. The first-order chi connectivity index (χ1) is 17.0. The van der Waals surface area contributed by atoms with Crippen molar-refractivity contribution >= 4 is 33.7 Å². The molecule has 1 N–H and O–H groups in total. The Morgan fingerprint density at radius 1 is 1.09 bits per heavy atom. The molecule has 7 heteroatoms. The van der Waals surface area contributed by atoms with Crippen LogP contribution in [-0.4, -0.2) is 31.8 Å². The van der Waals surface area contributed by atoms with Gasteiger partial charge in [0.15, 0.2) is 11.5 Å². The van der Waals surface area contributed by atoms with Crippen molar-refractivity contribution in [1.29, 1.82) is 0 Å². The van der Waals surface area contributed by atoms with Crippen LogP contribution in [-0.2, 0) is 6.61 Å². The highest BCUT2D eigenvalue weighted by Crippen LogP contribution is 2.37. The van der Waals surface area contributed by atoms with Gasteiger partial charge in [0.2, 0.25) is 0 Å². The molecule has 0 saturated carbocycles. The van der Waals surface area contributed by atoms with Gasteiger partial charge >= 0.3 is 0 Å². The number of hydrogen-bond donors (Lipinski definition) is 1. The zero-order chi connectivity index (χ0) is 24.6. The Hall–Kier alpha value is -3.32. The molecule has 4 rings (SSSR count). The van der Waals surface area contributed by atoms with Gasteiger partial charge in [-0.05, 0) is 90.1 Å². The summed E-state index contributed by atoms with van der Waals surface area (Å²) in [6.45, 7) is 7.06. The van der Waals surface area contributed by atoms with Crippen LogP contribution in [0.5, 0.6) is 11.5 Å². The smallest absolute Gasteiger partial charge is 0.271 e. The molecule has 0 spiro atoms. The fourth-order valence-corrected chi connectivity index (χ4v) is 4.63. The first kappa shape index (κ1) is 24.8. The van der Waals surface area contributed by atoms with Gasteiger partial charge in [-0.15, -0.1) is 0 Å². The maximum atomic E-state index is 12.5. The maximum absolute atomic E-state index is 12.5. The van der Waals surface area contributed by atoms with Gasteiger partial charge in [0.1, 0.15) is 6.61 Å². The Labute approximate surface area is 215 Å². The van der Waals surface area contributed by atoms with E-state index >= 15 is 0 Å². The van der Waals surface area contributed by atoms with Crippen LogP contribution < -0.4 is 19.8 Å². The van der Waals surface area contributed by atoms with E-state index in [1.165, 1.54) is 18.4 Å². The number of rotatable bonds is 9. The Kier molecular flexibility index (Phi) is 8.42. The van der Waals surface area contributed by atoms with Gasteiger partial charge in [0.05, 0.1) is 17.3 Å². The molecule has 1 amide bonds. The van der Waals surface area contributed by atoms with Crippen LogP contribution >= 0.6 is 15.9 Å². The molecule has 1 fully saturated rings. The third kappa shape index (κ3) is 6.63. The van der Waals surface area contributed by atoms with Crippen molar-refractivity contribution in [3.63, 3.8) is 0 Å². The van der Waals surface area contributed by atoms with E-state index in [1.807, 2.05) is 55.5 Å². The lowest BCUT2D eigenvalue weighted by Gasteiger charge is -2.17. The lowest BCUT2D eigenvalue weighted by Crippen LogP contribution is -2.19. The fraction of sp³-hybridized carbons (Fsp3) is 0.286. The summed E-state index contributed by atoms with van der Waals surface area (Å²) < 4.78 is 12.6. The van der Waals surface area contributed by atoms with Crippen LogP contribution in [0.15, 0.2) is 70.2 Å². The van der Waals surface area contributed by atoms with E-state index in [9.17, 15) is 4.79 Å². The van der Waals surface area contributed by atoms with Crippen LogP contribution in [0.3, 0.4) is 0 Å². The molecule has 0 aromatic heterocycles. The number of halogens is 1. The molecule has 3 aromatic carbocycles. The highest BCUT2D eigenvalue weighted by molar-refractivity contribution is 9.10. The summed E-state index contributed by atoms with van der Waals surface area (Å²) in [6, 6.07) is 19.6. The third-order valence-electron chi connectivity index (χ3n) is 5.78. The number of hydrogen-bond acceptors (Lipinski definition) is 5. The van der Waals surface area contributed by atoms with Gasteiger partial charge < -0.3 is 14.4 Å². The normalized spacial score (nSPS) is 13.3. The Morgan fingerprint density at radius 2 is 1.86 bits per heavy atom. The molecule has 3 aromatic rings. The highest BCUT2D eigenvalue weighted by Gasteiger charge is 2.14. The van der Waals surface area contributed by atoms with Crippen molar-refractivity contribution in [2.24, 2.45) is 5.10 Å². The Balaban J connectivity index is 1.40. The molecule has 6 nitrogen and oxygen atoms in total. The number of hydrazone groups is 1. The summed E-state index contributed by atoms with van der Waals surface area (Å²) in [5.74, 6) is 0.990. The number of aryl methyl sites for hydroxylation is 1. The Morgan fingerprint density at radius 3 is 2.57 bits per heavy atom. The average Bonchev–Trinajstić information content (AvgIpc) is 3.39. The molecule has 0 bridgehead atoms. The second kappa shape index (κ2) is 11.9. The predicted octanol–water partition coefficient (Wildman–Crippen LogP) is 6.10. The van der Waals surface area contributed by atoms with Crippen molar-refractivity contribution in [2.75, 3.05) is 24.6 Å². The van der Waals surface area contributed by atoms with Crippen molar-refractivity contribution in [2.45, 2.75) is 33.3 Å². The number of carbonyl (C=O) groups is 1. The van der Waals surface area contributed by atoms with Gasteiger partial charge in [0, 0.05) is 24.3 Å². The third-order valence-corrected chi connectivity index (χ3v) is 6.37. The molecular weight excluding hydrogens is 506 g/mol. The minimum Gasteiger partial charge on any atom is -0.490 e. The lowest BCUT2D eigenvalue weighted by atomic mass is 10.1. The number of benzene rings is 3. The van der Waals surface area contributed by atoms with Crippen LogP contribution in [0.25, 0.3) is 0 Å². The molecule has 1 heterocycles. The number of anilines is 1. The predicted molar refractivity (Wildman–Crippen MR) is 144 cm³/mol. The number of carbonyl (C=O) groups excluding carboxylic acids is 1. The largest absolute Gasteiger partial charge is 0.490 e. The van der Waals surface area contributed by atoms with Gasteiger partial charge in [-0.2, -0.15) is 5.10 Å². The molecule has 1 aliphatic heterocycles. The first-order valence-electron chi connectivity index (χ1n) is 11.9. The standard InChI is InChI=1S/C28H30BrN3O3/c1-3-34-26-17-22(16-25(29)27(26)35-19-21-8-6-7-20(2)15-21)18-30-31-28(33)23-9-11-24(12-10-23)32-13-4-5-14-32/h6-12,15-18H,3-5,13-14,19H2,1-2H3,(H,31,33)/b30-18-. The number of nitrogens with zero attached hydrogens (tertiary/aromatic N) is 2. The first-order valence-corrected chi connectivity index (χ1v) is 12.7. The number of amides is 1. The zero-order valence-corrected chi connectivity index (χ0v) is 21.7. The van der Waals surface area contributed by atoms with Crippen LogP contribution in [0.1, 0.15) is 46.8 Å². The van der Waals surface area contributed by atoms with E-state index in [2.05, 4.69) is 50.4 Å². The molecule has 0 aliphatic carbocycles. The molecule has 0 radical (unpaired) electrons. The van der Waals surface area contributed by atoms with Gasteiger partial charge in [-0.3, -0.25) is 4.79 Å². The topological polar surface area (TPSA) is 63.2 Å². The van der Waals surface area contributed by atoms with Gasteiger partial charge in [-0.1, -0.05) is 29.8 Å². The van der Waals surface area contributed by atoms with Gasteiger partial charge in [-0.25, -0.2) is 5.43 Å². The quantitative estimate of drug-likeness (QED) is 0.265. The summed E-state index contributed by atoms with van der Waals surface area (Å²) >= 11 is 3.59. The summed E-state index contributed by atoms with van der Waals surface area (Å²) in [4.78, 5) is 14.8. The molecule has 1 saturated heterocycles. The maximum Gasteiger partial charge on any atom is 0.271 e. The monoisotopic (exact) mass is 535 g/mol. The zero-order valence-electron chi connectivity index (χ0n) is 20.1. The molecule has 182 valence electrons. The molecule has 0 atom stereocenters. The van der Waals surface area contributed by atoms with Crippen molar-refractivity contribution in [1.82, 2.24) is 5.43 Å². The number of nitrogens with one attached hydrogen (secondary N) is 1. The average molecular weight is 536 g/mol. The molecule has 35 heavy (non-hydrogen) atoms. The minimum absolute atomic E-state index is 0.253. The van der Waals surface area contributed by atoms with E-state index in [0.717, 1.165) is 34.4 Å². The van der Waals surface area contributed by atoms with Crippen LogP contribution in [0.2, 0.25) is 0 Å². The van der Waals surface area contributed by atoms with Crippen molar-refractivity contribution in [3.05, 3.63) is 87.4 Å². The highest BCUT2D eigenvalue weighted by atomic mass is 79.9. The van der Waals surface area contributed by atoms with Crippen LogP contribution in [0, 0.1) is 6.92 Å². The number of ether oxygens (including phenoxy) is 2. The van der Waals surface area contributed by atoms with E-state index < -0.39 is 0 Å².